The number of phosphoric acid groups is 2. The number of ether oxygens (including phenoxy) is 4. The molecular formula is C79H146O17P2. The van der Waals surface area contributed by atoms with Gasteiger partial charge < -0.3 is 33.8 Å². The molecule has 3 N–H and O–H groups in total. The summed E-state index contributed by atoms with van der Waals surface area (Å²) in [7, 11) is -9.94. The number of carbonyl (C=O) groups excluding carboxylic acids is 4. The number of hydrogen-bond acceptors (Lipinski definition) is 15. The Bertz CT molecular complexity index is 2050. The molecular weight excluding hydrogens is 1280 g/mol. The molecule has 0 aliphatic rings. The van der Waals surface area contributed by atoms with E-state index in [1.807, 2.05) is 0 Å². The van der Waals surface area contributed by atoms with E-state index in [4.69, 9.17) is 37.0 Å². The molecule has 0 rings (SSSR count). The van der Waals surface area contributed by atoms with Crippen LogP contribution in [0.1, 0.15) is 374 Å². The van der Waals surface area contributed by atoms with Crippen molar-refractivity contribution in [2.24, 2.45) is 0 Å². The van der Waals surface area contributed by atoms with Crippen LogP contribution in [-0.2, 0) is 65.4 Å². The molecule has 0 aromatic heterocycles. The molecule has 0 aromatic carbocycles. The molecule has 19 heteroatoms. The van der Waals surface area contributed by atoms with Gasteiger partial charge in [0.15, 0.2) is 12.2 Å². The molecule has 0 amide bonds. The molecule has 0 spiro atoms. The van der Waals surface area contributed by atoms with E-state index in [1.54, 1.807) is 0 Å². The zero-order valence-corrected chi connectivity index (χ0v) is 64.5. The highest BCUT2D eigenvalue weighted by Crippen LogP contribution is 2.45. The lowest BCUT2D eigenvalue weighted by atomic mass is 10.0. The number of carbonyl (C=O) groups is 4. The van der Waals surface area contributed by atoms with Crippen LogP contribution in [0, 0.1) is 0 Å². The molecule has 98 heavy (non-hydrogen) atoms. The van der Waals surface area contributed by atoms with Gasteiger partial charge in [-0.1, -0.05) is 314 Å². The molecule has 574 valence electrons. The van der Waals surface area contributed by atoms with Crippen molar-refractivity contribution in [1.82, 2.24) is 0 Å². The molecule has 0 heterocycles. The standard InChI is InChI=1S/C79H146O17P2/c1-5-9-13-17-21-25-29-33-36-40-43-47-51-55-59-63-76(81)89-69-74(95-78(83)65-61-57-53-49-45-39-32-28-24-20-16-12-8-4)71-93-97(85,86)91-67-73(80)68-92-98(87,88)94-72-75(96-79(84)66-62-58-54-50-46-42-38-35-31-27-23-19-15-11-7-3)70-90-77(82)64-60-56-52-48-44-41-37-34-30-26-22-18-14-10-6-2/h10,14,22,26,34-35,37-38,73-75,80H,5-9,11-13,15-21,23-25,27-33,36,39-72H2,1-4H3,(H,85,86)(H,87,88)/b14-10-,26-22-,37-34-,38-35-. The third-order valence-electron chi connectivity index (χ3n) is 17.3. The maximum Gasteiger partial charge on any atom is 0.472 e. The summed E-state index contributed by atoms with van der Waals surface area (Å²) in [6.45, 7) is 4.82. The summed E-state index contributed by atoms with van der Waals surface area (Å²) in [4.78, 5) is 72.9. The number of unbranched alkanes of at least 4 members (excludes halogenated alkanes) is 42. The van der Waals surface area contributed by atoms with E-state index < -0.39 is 97.5 Å². The summed E-state index contributed by atoms with van der Waals surface area (Å²) in [6.07, 6.45) is 69.4. The van der Waals surface area contributed by atoms with E-state index in [0.29, 0.717) is 25.7 Å². The highest BCUT2D eigenvalue weighted by Gasteiger charge is 2.30. The Labute approximate surface area is 597 Å². The van der Waals surface area contributed by atoms with Gasteiger partial charge in [-0.05, 0) is 83.5 Å². The third kappa shape index (κ3) is 71.4. The second kappa shape index (κ2) is 72.4. The summed E-state index contributed by atoms with van der Waals surface area (Å²) in [5.74, 6) is -2.16. The van der Waals surface area contributed by atoms with Crippen LogP contribution in [0.15, 0.2) is 48.6 Å². The Morgan fingerprint density at radius 2 is 0.531 bits per heavy atom. The first-order valence-electron chi connectivity index (χ1n) is 39.9. The number of hydrogen-bond donors (Lipinski definition) is 3. The van der Waals surface area contributed by atoms with Gasteiger partial charge in [-0.3, -0.25) is 37.3 Å². The fourth-order valence-electron chi connectivity index (χ4n) is 11.2. The Hall–Kier alpha value is -2.98. The van der Waals surface area contributed by atoms with E-state index in [-0.39, 0.29) is 25.7 Å². The van der Waals surface area contributed by atoms with Gasteiger partial charge in [0, 0.05) is 25.7 Å². The fraction of sp³-hybridized carbons (Fsp3) is 0.848. The summed E-state index contributed by atoms with van der Waals surface area (Å²) in [5, 5.41) is 10.6. The van der Waals surface area contributed by atoms with Crippen molar-refractivity contribution in [2.45, 2.75) is 393 Å². The first-order valence-corrected chi connectivity index (χ1v) is 42.9. The van der Waals surface area contributed by atoms with Crippen molar-refractivity contribution < 1.29 is 80.2 Å². The van der Waals surface area contributed by atoms with E-state index in [9.17, 15) is 43.2 Å². The Morgan fingerprint density at radius 3 is 0.827 bits per heavy atom. The minimum Gasteiger partial charge on any atom is -0.462 e. The summed E-state index contributed by atoms with van der Waals surface area (Å²) >= 11 is 0. The maximum atomic E-state index is 13.1. The molecule has 5 unspecified atom stereocenters. The van der Waals surface area contributed by atoms with Crippen LogP contribution < -0.4 is 0 Å². The molecule has 5 atom stereocenters. The van der Waals surface area contributed by atoms with Gasteiger partial charge in [0.1, 0.15) is 19.3 Å². The normalized spacial score (nSPS) is 14.2. The summed E-state index contributed by atoms with van der Waals surface area (Å²) in [6, 6.07) is 0. The van der Waals surface area contributed by atoms with Gasteiger partial charge in [0.2, 0.25) is 0 Å². The number of rotatable bonds is 76. The summed E-state index contributed by atoms with van der Waals surface area (Å²) in [5.41, 5.74) is 0. The minimum absolute atomic E-state index is 0.0860. The molecule has 0 aliphatic heterocycles. The van der Waals surface area contributed by atoms with Crippen LogP contribution in [-0.4, -0.2) is 96.7 Å². The Morgan fingerprint density at radius 1 is 0.296 bits per heavy atom. The van der Waals surface area contributed by atoms with Crippen molar-refractivity contribution >= 4 is 39.5 Å². The number of phosphoric ester groups is 2. The SMILES string of the molecule is CC/C=C\C/C=C\C/C=C\CCCCCCCC(=O)OCC(COP(=O)(O)OCC(O)COP(=O)(O)OCC(COC(=O)CCCCCCCCCCCCCCCCC)OC(=O)CCCCCCCCCCCCCCC)OC(=O)CCCCCCC/C=C\CCCCCCCC. The molecule has 0 fully saturated rings. The topological polar surface area (TPSA) is 237 Å². The largest absolute Gasteiger partial charge is 0.472 e. The number of aliphatic hydroxyl groups is 1. The highest BCUT2D eigenvalue weighted by atomic mass is 31.2. The lowest BCUT2D eigenvalue weighted by Crippen LogP contribution is -2.30. The highest BCUT2D eigenvalue weighted by molar-refractivity contribution is 7.47. The number of allylic oxidation sites excluding steroid dienone is 8. The van der Waals surface area contributed by atoms with E-state index in [2.05, 4.69) is 76.3 Å². The third-order valence-corrected chi connectivity index (χ3v) is 19.2. The second-order valence-electron chi connectivity index (χ2n) is 27.0. The van der Waals surface area contributed by atoms with Crippen molar-refractivity contribution in [3.05, 3.63) is 48.6 Å². The Balaban J connectivity index is 5.32. The lowest BCUT2D eigenvalue weighted by molar-refractivity contribution is -0.161. The predicted octanol–water partition coefficient (Wildman–Crippen LogP) is 22.9. The lowest BCUT2D eigenvalue weighted by Gasteiger charge is -2.21. The van der Waals surface area contributed by atoms with Crippen molar-refractivity contribution in [3.63, 3.8) is 0 Å². The zero-order chi connectivity index (χ0) is 71.8. The van der Waals surface area contributed by atoms with Crippen LogP contribution >= 0.6 is 15.6 Å². The molecule has 0 saturated carbocycles. The fourth-order valence-corrected chi connectivity index (χ4v) is 12.8. The van der Waals surface area contributed by atoms with Crippen molar-refractivity contribution in [3.8, 4) is 0 Å². The van der Waals surface area contributed by atoms with E-state index >= 15 is 0 Å². The Kier molecular flexibility index (Phi) is 70.2. The first-order chi connectivity index (χ1) is 47.7. The maximum absolute atomic E-state index is 13.1. The predicted molar refractivity (Wildman–Crippen MR) is 400 cm³/mol. The number of esters is 4. The molecule has 0 bridgehead atoms. The summed E-state index contributed by atoms with van der Waals surface area (Å²) < 4.78 is 68.6. The van der Waals surface area contributed by atoms with Crippen LogP contribution in [0.3, 0.4) is 0 Å². The molecule has 0 aliphatic carbocycles. The molecule has 0 saturated heterocycles. The zero-order valence-electron chi connectivity index (χ0n) is 62.7. The first kappa shape index (κ1) is 95.0. The average molecular weight is 1430 g/mol. The van der Waals surface area contributed by atoms with Crippen LogP contribution in [0.2, 0.25) is 0 Å². The smallest absolute Gasteiger partial charge is 0.462 e. The van der Waals surface area contributed by atoms with Gasteiger partial charge in [0.25, 0.3) is 0 Å². The quantitative estimate of drug-likeness (QED) is 0.0169. The van der Waals surface area contributed by atoms with E-state index in [0.717, 1.165) is 135 Å². The van der Waals surface area contributed by atoms with Gasteiger partial charge >= 0.3 is 39.5 Å². The number of aliphatic hydroxyl groups excluding tert-OH is 1. The van der Waals surface area contributed by atoms with Crippen LogP contribution in [0.4, 0.5) is 0 Å². The van der Waals surface area contributed by atoms with Gasteiger partial charge in [-0.2, -0.15) is 0 Å². The van der Waals surface area contributed by atoms with Gasteiger partial charge in [0.05, 0.1) is 26.4 Å². The minimum atomic E-state index is -4.97. The van der Waals surface area contributed by atoms with Crippen LogP contribution in [0.25, 0.3) is 0 Å². The van der Waals surface area contributed by atoms with Crippen molar-refractivity contribution in [2.75, 3.05) is 39.6 Å². The second-order valence-corrected chi connectivity index (χ2v) is 29.9. The average Bonchev–Trinajstić information content (AvgIpc) is 1.04. The van der Waals surface area contributed by atoms with Crippen molar-refractivity contribution in [1.29, 1.82) is 0 Å². The van der Waals surface area contributed by atoms with Crippen LogP contribution in [0.5, 0.6) is 0 Å². The molecule has 17 nitrogen and oxygen atoms in total. The van der Waals surface area contributed by atoms with Gasteiger partial charge in [-0.15, -0.1) is 0 Å². The molecule has 0 aromatic rings. The molecule has 0 radical (unpaired) electrons. The monoisotopic (exact) mass is 1430 g/mol. The van der Waals surface area contributed by atoms with E-state index in [1.165, 1.54) is 161 Å². The van der Waals surface area contributed by atoms with Gasteiger partial charge in [-0.25, -0.2) is 9.13 Å².